The fraction of sp³-hybridized carbons (Fsp3) is 0.949. The molecule has 0 aromatic rings. The van der Waals surface area contributed by atoms with Crippen LogP contribution in [-0.2, 0) is 65.4 Å². The molecule has 0 rings (SSSR count). The molecular weight excluding hydrogens is 1270 g/mol. The van der Waals surface area contributed by atoms with Crippen LogP contribution in [0.15, 0.2) is 0 Å². The molecule has 0 aromatic carbocycles. The second kappa shape index (κ2) is 71.1. The Balaban J connectivity index is 5.26. The molecule has 0 spiro atoms. The summed E-state index contributed by atoms with van der Waals surface area (Å²) >= 11 is 0. The van der Waals surface area contributed by atoms with Crippen molar-refractivity contribution in [3.05, 3.63) is 0 Å². The van der Waals surface area contributed by atoms with Crippen LogP contribution >= 0.6 is 15.6 Å². The Morgan fingerprint density at radius 3 is 0.732 bits per heavy atom. The number of carbonyl (C=O) groups is 4. The zero-order valence-corrected chi connectivity index (χ0v) is 65.0. The third-order valence-electron chi connectivity index (χ3n) is 18.6. The average molecular weight is 1420 g/mol. The second-order valence-corrected chi connectivity index (χ2v) is 31.3. The van der Waals surface area contributed by atoms with Gasteiger partial charge in [0, 0.05) is 25.7 Å². The first-order valence-electron chi connectivity index (χ1n) is 40.7. The molecule has 0 aromatic heterocycles. The third kappa shape index (κ3) is 70.9. The second-order valence-electron chi connectivity index (χ2n) is 28.3. The molecule has 3 N–H and O–H groups in total. The smallest absolute Gasteiger partial charge is 0.462 e. The van der Waals surface area contributed by atoms with Gasteiger partial charge in [-0.25, -0.2) is 9.13 Å². The monoisotopic (exact) mass is 1420 g/mol. The van der Waals surface area contributed by atoms with Crippen LogP contribution in [-0.4, -0.2) is 96.7 Å². The number of aliphatic hydroxyl groups is 1. The summed E-state index contributed by atoms with van der Waals surface area (Å²) in [4.78, 5) is 72.9. The van der Waals surface area contributed by atoms with Crippen molar-refractivity contribution in [2.45, 2.75) is 432 Å². The van der Waals surface area contributed by atoms with Crippen LogP contribution in [0.1, 0.15) is 413 Å². The first-order chi connectivity index (χ1) is 47.1. The highest BCUT2D eigenvalue weighted by molar-refractivity contribution is 7.47. The van der Waals surface area contributed by atoms with Crippen molar-refractivity contribution >= 4 is 39.5 Å². The Hall–Kier alpha value is -1.94. The molecule has 0 aliphatic carbocycles. The largest absolute Gasteiger partial charge is 0.472 e. The molecule has 0 saturated heterocycles. The summed E-state index contributed by atoms with van der Waals surface area (Å²) < 4.78 is 68.7. The minimum Gasteiger partial charge on any atom is -0.462 e. The summed E-state index contributed by atoms with van der Waals surface area (Å²) in [5, 5.41) is 10.6. The fourth-order valence-corrected chi connectivity index (χ4v) is 13.6. The van der Waals surface area contributed by atoms with Crippen LogP contribution in [0.5, 0.6) is 0 Å². The Morgan fingerprint density at radius 1 is 0.289 bits per heavy atom. The predicted molar refractivity (Wildman–Crippen MR) is 395 cm³/mol. The maximum Gasteiger partial charge on any atom is 0.472 e. The van der Waals surface area contributed by atoms with Crippen LogP contribution in [0.3, 0.4) is 0 Å². The van der Waals surface area contributed by atoms with E-state index in [0.29, 0.717) is 25.7 Å². The van der Waals surface area contributed by atoms with Crippen LogP contribution in [0.25, 0.3) is 0 Å². The lowest BCUT2D eigenvalue weighted by atomic mass is 9.99. The topological polar surface area (TPSA) is 237 Å². The van der Waals surface area contributed by atoms with E-state index in [-0.39, 0.29) is 25.7 Å². The lowest BCUT2D eigenvalue weighted by molar-refractivity contribution is -0.161. The first-order valence-corrected chi connectivity index (χ1v) is 43.7. The van der Waals surface area contributed by atoms with E-state index in [0.717, 1.165) is 95.8 Å². The minimum atomic E-state index is -4.96. The number of rotatable bonds is 78. The van der Waals surface area contributed by atoms with E-state index in [9.17, 15) is 43.2 Å². The highest BCUT2D eigenvalue weighted by Crippen LogP contribution is 2.45. The molecule has 0 aliphatic heterocycles. The van der Waals surface area contributed by atoms with Crippen molar-refractivity contribution in [2.24, 2.45) is 5.92 Å². The SMILES string of the molecule is CCCCCCCCCCCCCCCCCCCC(=O)O[C@H](COC(=O)CCCCCCCCCCCCC(C)CC)COP(=O)(O)OC[C@@H](O)COP(=O)(O)OC[C@@H](COC(=O)CCCCCCCCCCCCCCC)OC(=O)CCCCCCCCCCCCCCC. The Bertz CT molecular complexity index is 1860. The number of aliphatic hydroxyl groups excluding tert-OH is 1. The van der Waals surface area contributed by atoms with Gasteiger partial charge in [0.1, 0.15) is 19.3 Å². The van der Waals surface area contributed by atoms with Crippen molar-refractivity contribution < 1.29 is 80.2 Å². The summed E-state index contributed by atoms with van der Waals surface area (Å²) in [6.45, 7) is 7.35. The van der Waals surface area contributed by atoms with Gasteiger partial charge in [-0.15, -0.1) is 0 Å². The fourth-order valence-electron chi connectivity index (χ4n) is 12.0. The normalized spacial score (nSPS) is 14.2. The maximum atomic E-state index is 13.1. The molecule has 6 atom stereocenters. The number of phosphoric acid groups is 2. The van der Waals surface area contributed by atoms with E-state index in [1.54, 1.807) is 0 Å². The molecule has 19 heteroatoms. The van der Waals surface area contributed by atoms with Crippen molar-refractivity contribution in [2.75, 3.05) is 39.6 Å². The van der Waals surface area contributed by atoms with E-state index >= 15 is 0 Å². The average Bonchev–Trinajstić information content (AvgIpc) is 1.29. The number of carbonyl (C=O) groups excluding carboxylic acids is 4. The van der Waals surface area contributed by atoms with Gasteiger partial charge in [0.25, 0.3) is 0 Å². The number of unbranched alkanes of at least 4 members (excludes halogenated alkanes) is 49. The van der Waals surface area contributed by atoms with E-state index in [4.69, 9.17) is 37.0 Å². The summed E-state index contributed by atoms with van der Waals surface area (Å²) in [5.74, 6) is -1.30. The van der Waals surface area contributed by atoms with Crippen LogP contribution < -0.4 is 0 Å². The molecule has 97 heavy (non-hydrogen) atoms. The molecule has 0 aliphatic rings. The molecule has 3 unspecified atom stereocenters. The molecule has 0 amide bonds. The van der Waals surface area contributed by atoms with Gasteiger partial charge in [0.15, 0.2) is 12.2 Å². The molecule has 576 valence electrons. The van der Waals surface area contributed by atoms with E-state index in [2.05, 4.69) is 34.6 Å². The lowest BCUT2D eigenvalue weighted by Gasteiger charge is -2.21. The first kappa shape index (κ1) is 95.1. The van der Waals surface area contributed by atoms with Crippen molar-refractivity contribution in [1.29, 1.82) is 0 Å². The van der Waals surface area contributed by atoms with Gasteiger partial charge in [0.05, 0.1) is 26.4 Å². The Labute approximate surface area is 594 Å². The molecule has 0 heterocycles. The number of hydrogen-bond acceptors (Lipinski definition) is 15. The molecule has 17 nitrogen and oxygen atoms in total. The number of esters is 4. The van der Waals surface area contributed by atoms with Gasteiger partial charge in [-0.2, -0.15) is 0 Å². The van der Waals surface area contributed by atoms with Gasteiger partial charge >= 0.3 is 39.5 Å². The standard InChI is InChI=1S/C78H152O17P2/c1-6-10-13-16-19-22-25-28-29-30-31-34-37-44-49-54-59-64-78(83)95-74(68-89-76(81)62-57-52-47-42-39-38-40-45-50-55-60-71(5)9-4)70-93-97(86,87)91-66-72(79)65-90-96(84,85)92-69-73(94-77(82)63-58-53-48-43-36-33-27-24-21-18-15-12-8-3)67-88-75(80)61-56-51-46-41-35-32-26-23-20-17-14-11-7-2/h71-74,79H,6-70H2,1-5H3,(H,84,85)(H,86,87)/t71?,72-,73+,74+/m0/s1. The summed E-state index contributed by atoms with van der Waals surface area (Å²) in [5.41, 5.74) is 0. The molecule has 0 bridgehead atoms. The molecular formula is C78H152O17P2. The van der Waals surface area contributed by atoms with Gasteiger partial charge < -0.3 is 33.8 Å². The van der Waals surface area contributed by atoms with Crippen molar-refractivity contribution in [3.8, 4) is 0 Å². The van der Waals surface area contributed by atoms with Crippen molar-refractivity contribution in [1.82, 2.24) is 0 Å². The van der Waals surface area contributed by atoms with E-state index in [1.165, 1.54) is 238 Å². The van der Waals surface area contributed by atoms with Gasteiger partial charge in [-0.1, -0.05) is 362 Å². The predicted octanol–water partition coefficient (Wildman–Crippen LogP) is 23.3. The van der Waals surface area contributed by atoms with E-state index in [1.807, 2.05) is 0 Å². The molecule has 0 radical (unpaired) electrons. The zero-order chi connectivity index (χ0) is 71.2. The number of ether oxygens (including phenoxy) is 4. The summed E-state index contributed by atoms with van der Waals surface area (Å²) in [6.07, 6.45) is 60.7. The van der Waals surface area contributed by atoms with Crippen LogP contribution in [0.2, 0.25) is 0 Å². The molecule has 0 saturated carbocycles. The summed E-state index contributed by atoms with van der Waals surface area (Å²) in [6, 6.07) is 0. The third-order valence-corrected chi connectivity index (χ3v) is 20.5. The van der Waals surface area contributed by atoms with E-state index < -0.39 is 97.5 Å². The van der Waals surface area contributed by atoms with Gasteiger partial charge in [-0.05, 0) is 31.6 Å². The number of hydrogen-bond donors (Lipinski definition) is 3. The minimum absolute atomic E-state index is 0.108. The van der Waals surface area contributed by atoms with Crippen LogP contribution in [0, 0.1) is 5.92 Å². The highest BCUT2D eigenvalue weighted by atomic mass is 31.2. The highest BCUT2D eigenvalue weighted by Gasteiger charge is 2.30. The lowest BCUT2D eigenvalue weighted by Crippen LogP contribution is -2.30. The maximum absolute atomic E-state index is 13.1. The Kier molecular flexibility index (Phi) is 69.6. The zero-order valence-electron chi connectivity index (χ0n) is 63.2. The molecule has 0 fully saturated rings. The van der Waals surface area contributed by atoms with Gasteiger partial charge in [0.2, 0.25) is 0 Å². The summed E-state index contributed by atoms with van der Waals surface area (Å²) in [7, 11) is -9.91. The number of phosphoric ester groups is 2. The Morgan fingerprint density at radius 2 is 0.495 bits per heavy atom. The van der Waals surface area contributed by atoms with Crippen LogP contribution in [0.4, 0.5) is 0 Å². The van der Waals surface area contributed by atoms with Gasteiger partial charge in [-0.3, -0.25) is 37.3 Å². The quantitative estimate of drug-likeness (QED) is 0.0222. The van der Waals surface area contributed by atoms with Crippen molar-refractivity contribution in [3.63, 3.8) is 0 Å².